The molecule has 2 aliphatic heterocycles. The number of amidine groups is 1. The van der Waals surface area contributed by atoms with E-state index in [4.69, 9.17) is 4.99 Å². The van der Waals surface area contributed by atoms with E-state index < -0.39 is 0 Å². The molecule has 1 unspecified atom stereocenters. The maximum atomic E-state index is 15.6. The van der Waals surface area contributed by atoms with E-state index in [1.165, 1.54) is 16.0 Å². The minimum Gasteiger partial charge on any atom is -0.310 e. The predicted octanol–water partition coefficient (Wildman–Crippen LogP) is 10.5. The second-order valence-electron chi connectivity index (χ2n) is 11.8. The Bertz CT molecular complexity index is 1590. The van der Waals surface area contributed by atoms with Gasteiger partial charge >= 0.3 is 0 Å². The molecule has 0 fully saturated rings. The Labute approximate surface area is 253 Å². The Morgan fingerprint density at radius 3 is 1.88 bits per heavy atom. The molecule has 3 nitrogen and oxygen atoms in total. The van der Waals surface area contributed by atoms with Crippen molar-refractivity contribution in [3.63, 3.8) is 0 Å². The van der Waals surface area contributed by atoms with E-state index in [9.17, 15) is 0 Å². The summed E-state index contributed by atoms with van der Waals surface area (Å²) in [6, 6.07) is 31.1. The van der Waals surface area contributed by atoms with Gasteiger partial charge in [0.25, 0.3) is 0 Å². The zero-order valence-corrected chi connectivity index (χ0v) is 26.0. The van der Waals surface area contributed by atoms with Crippen molar-refractivity contribution in [2.45, 2.75) is 58.4 Å². The lowest BCUT2D eigenvalue weighted by Gasteiger charge is -2.41. The Balaban J connectivity index is 1.61. The van der Waals surface area contributed by atoms with E-state index >= 15 is 4.39 Å². The molecule has 2 bridgehead atoms. The third kappa shape index (κ3) is 4.84. The summed E-state index contributed by atoms with van der Waals surface area (Å²) in [4.78, 5) is 11.0. The highest BCUT2D eigenvalue weighted by Gasteiger charge is 2.39. The van der Waals surface area contributed by atoms with Crippen LogP contribution in [-0.2, 0) is 0 Å². The topological polar surface area (TPSA) is 18.8 Å². The maximum absolute atomic E-state index is 15.6. The SMILES string of the molecule is CSC1=CN(c2c(C(C)C)cc(N(c3ccccc3)c3ccccc3)cc2C(C)C)C2=N[C@H]1C(C)c1cccc(F)c12. The molecule has 0 amide bonds. The summed E-state index contributed by atoms with van der Waals surface area (Å²) in [5.41, 5.74) is 8.50. The summed E-state index contributed by atoms with van der Waals surface area (Å²) in [5, 5.41) is 0. The standard InChI is InChI=1S/C37H38FN3S/c1-23(2)30-20-28(41(26-14-9-7-10-15-26)27-16-11-8-12-17-27)21-31(24(3)4)36(30)40-22-33(42-6)35-25(5)29-18-13-19-32(38)34(29)37(40)39-35/h7-25,35H,1-6H3/t25?,35-/m0/s1. The van der Waals surface area contributed by atoms with Gasteiger partial charge in [-0.1, -0.05) is 83.1 Å². The highest BCUT2D eigenvalue weighted by atomic mass is 32.2. The normalized spacial score (nSPS) is 17.7. The van der Waals surface area contributed by atoms with Crippen LogP contribution in [0.15, 0.2) is 107 Å². The summed E-state index contributed by atoms with van der Waals surface area (Å²) < 4.78 is 15.6. The number of thioether (sulfide) groups is 1. The van der Waals surface area contributed by atoms with Gasteiger partial charge in [0.15, 0.2) is 0 Å². The molecule has 42 heavy (non-hydrogen) atoms. The van der Waals surface area contributed by atoms with Crippen LogP contribution in [0.4, 0.5) is 27.1 Å². The van der Waals surface area contributed by atoms with Gasteiger partial charge < -0.3 is 9.80 Å². The molecule has 0 aliphatic carbocycles. The number of hydrogen-bond acceptors (Lipinski definition) is 4. The number of halogens is 1. The summed E-state index contributed by atoms with van der Waals surface area (Å²) in [5.74, 6) is 1.05. The second-order valence-corrected chi connectivity index (χ2v) is 12.7. The fourth-order valence-electron chi connectivity index (χ4n) is 6.29. The molecule has 0 N–H and O–H groups in total. The molecule has 2 heterocycles. The second kappa shape index (κ2) is 11.4. The number of aliphatic imine (C=N–C) groups is 1. The van der Waals surface area contributed by atoms with Crippen LogP contribution >= 0.6 is 11.8 Å². The highest BCUT2D eigenvalue weighted by molar-refractivity contribution is 8.02. The van der Waals surface area contributed by atoms with Crippen molar-refractivity contribution in [3.05, 3.63) is 130 Å². The lowest BCUT2D eigenvalue weighted by molar-refractivity contribution is 0.593. The molecule has 0 radical (unpaired) electrons. The first-order chi connectivity index (χ1) is 20.3. The largest absolute Gasteiger partial charge is 0.310 e. The predicted molar refractivity (Wildman–Crippen MR) is 179 cm³/mol. The minimum atomic E-state index is -0.212. The molecule has 4 aromatic carbocycles. The summed E-state index contributed by atoms with van der Waals surface area (Å²) in [6.45, 7) is 11.1. The lowest BCUT2D eigenvalue weighted by Crippen LogP contribution is -2.41. The molecule has 0 aromatic heterocycles. The van der Waals surface area contributed by atoms with E-state index in [2.05, 4.69) is 136 Å². The van der Waals surface area contributed by atoms with Gasteiger partial charge in [0.05, 0.1) is 17.3 Å². The molecule has 2 aliphatic rings. The smallest absolute Gasteiger partial charge is 0.143 e. The first kappa shape index (κ1) is 28.3. The average Bonchev–Trinajstić information content (AvgIpc) is 3.00. The van der Waals surface area contributed by atoms with Crippen LogP contribution in [0.3, 0.4) is 0 Å². The number of hydrogen-bond donors (Lipinski definition) is 0. The number of para-hydroxylation sites is 2. The fourth-order valence-corrected chi connectivity index (χ4v) is 7.00. The van der Waals surface area contributed by atoms with Crippen molar-refractivity contribution >= 4 is 40.3 Å². The molecule has 214 valence electrons. The molecule has 4 aromatic rings. The Morgan fingerprint density at radius 2 is 1.36 bits per heavy atom. The first-order valence-electron chi connectivity index (χ1n) is 14.8. The molecule has 0 spiro atoms. The van der Waals surface area contributed by atoms with Gasteiger partial charge in [-0.2, -0.15) is 0 Å². The quantitative estimate of drug-likeness (QED) is 0.218. The van der Waals surface area contributed by atoms with Gasteiger partial charge in [0.1, 0.15) is 11.7 Å². The summed E-state index contributed by atoms with van der Waals surface area (Å²) in [7, 11) is 0. The Hall–Kier alpha value is -3.83. The molecule has 6 rings (SSSR count). The minimum absolute atomic E-state index is 0.00326. The Kier molecular flexibility index (Phi) is 7.71. The Morgan fingerprint density at radius 1 is 0.786 bits per heavy atom. The van der Waals surface area contributed by atoms with Crippen LogP contribution in [0.2, 0.25) is 0 Å². The first-order valence-corrected chi connectivity index (χ1v) is 16.0. The average molecular weight is 576 g/mol. The number of fused-ring (bicyclic) bond motifs is 3. The summed E-state index contributed by atoms with van der Waals surface area (Å²) >= 11 is 1.74. The van der Waals surface area contributed by atoms with Crippen molar-refractivity contribution in [1.29, 1.82) is 0 Å². The monoisotopic (exact) mass is 575 g/mol. The van der Waals surface area contributed by atoms with Crippen LogP contribution in [0.25, 0.3) is 0 Å². The third-order valence-corrected chi connectivity index (χ3v) is 9.25. The van der Waals surface area contributed by atoms with E-state index in [0.29, 0.717) is 11.4 Å². The van der Waals surface area contributed by atoms with E-state index in [1.54, 1.807) is 17.8 Å². The number of nitrogens with zero attached hydrogens (tertiary/aromatic N) is 3. The zero-order valence-electron chi connectivity index (χ0n) is 25.2. The third-order valence-electron chi connectivity index (χ3n) is 8.43. The van der Waals surface area contributed by atoms with Gasteiger partial charge in [-0.15, -0.1) is 11.8 Å². The van der Waals surface area contributed by atoms with Crippen molar-refractivity contribution < 1.29 is 4.39 Å². The van der Waals surface area contributed by atoms with Crippen molar-refractivity contribution in [3.8, 4) is 0 Å². The molecule has 0 saturated heterocycles. The van der Waals surface area contributed by atoms with E-state index in [1.807, 2.05) is 6.07 Å². The maximum Gasteiger partial charge on any atom is 0.143 e. The van der Waals surface area contributed by atoms with E-state index in [0.717, 1.165) is 28.3 Å². The van der Waals surface area contributed by atoms with Gasteiger partial charge in [-0.3, -0.25) is 4.99 Å². The zero-order chi connectivity index (χ0) is 29.5. The number of benzene rings is 4. The number of anilines is 4. The van der Waals surface area contributed by atoms with Gasteiger partial charge in [0, 0.05) is 34.1 Å². The van der Waals surface area contributed by atoms with Crippen LogP contribution in [0, 0.1) is 5.82 Å². The molecule has 5 heteroatoms. The van der Waals surface area contributed by atoms with Crippen molar-refractivity contribution in [1.82, 2.24) is 0 Å². The van der Waals surface area contributed by atoms with Gasteiger partial charge in [-0.25, -0.2) is 4.39 Å². The van der Waals surface area contributed by atoms with Crippen LogP contribution < -0.4 is 9.80 Å². The fraction of sp³-hybridized carbons (Fsp3) is 0.270. The molecular formula is C37H38FN3S. The van der Waals surface area contributed by atoms with Gasteiger partial charge in [0.2, 0.25) is 0 Å². The van der Waals surface area contributed by atoms with Crippen molar-refractivity contribution in [2.75, 3.05) is 16.1 Å². The summed E-state index contributed by atoms with van der Waals surface area (Å²) in [6.07, 6.45) is 4.34. The molecular weight excluding hydrogens is 537 g/mol. The van der Waals surface area contributed by atoms with Crippen LogP contribution in [0.5, 0.6) is 0 Å². The molecule has 0 saturated carbocycles. The van der Waals surface area contributed by atoms with Crippen LogP contribution in [-0.4, -0.2) is 18.1 Å². The van der Waals surface area contributed by atoms with Crippen LogP contribution in [0.1, 0.15) is 74.6 Å². The van der Waals surface area contributed by atoms with Crippen molar-refractivity contribution in [2.24, 2.45) is 4.99 Å². The lowest BCUT2D eigenvalue weighted by atomic mass is 9.83. The molecule has 2 atom stereocenters. The highest BCUT2D eigenvalue weighted by Crippen LogP contribution is 2.48. The van der Waals surface area contributed by atoms with E-state index in [-0.39, 0.29) is 29.6 Å². The van der Waals surface area contributed by atoms with Gasteiger partial charge in [-0.05, 0) is 77.2 Å². The number of rotatable bonds is 7.